The summed E-state index contributed by atoms with van der Waals surface area (Å²) in [6.45, 7) is 2.24. The van der Waals surface area contributed by atoms with Gasteiger partial charge in [-0.25, -0.2) is 0 Å². The highest BCUT2D eigenvalue weighted by atomic mass is 35.5. The number of non-ortho nitro benzene ring substituents is 1. The fraction of sp³-hybridized carbons (Fsp3) is 0.235. The van der Waals surface area contributed by atoms with E-state index in [1.165, 1.54) is 18.2 Å². The first-order chi connectivity index (χ1) is 12.1. The molecule has 1 aliphatic rings. The van der Waals surface area contributed by atoms with Gasteiger partial charge in [-0.3, -0.25) is 14.9 Å². The third-order valence-electron chi connectivity index (χ3n) is 3.91. The number of anilines is 2. The summed E-state index contributed by atoms with van der Waals surface area (Å²) in [6, 6.07) is 11.1. The Morgan fingerprint density at radius 1 is 1.20 bits per heavy atom. The molecule has 1 N–H and O–H groups in total. The Morgan fingerprint density at radius 2 is 1.92 bits per heavy atom. The molecule has 1 aliphatic heterocycles. The summed E-state index contributed by atoms with van der Waals surface area (Å²) in [7, 11) is 0. The number of rotatable bonds is 4. The number of nitro benzene ring substituents is 1. The normalized spacial score (nSPS) is 14.2. The Labute approximate surface area is 149 Å². The number of carbonyl (C=O) groups excluding carboxylic acids is 1. The summed E-state index contributed by atoms with van der Waals surface area (Å²) in [5.74, 6) is -0.367. The molecule has 0 spiro atoms. The molecular weight excluding hydrogens is 346 g/mol. The number of nitrogens with zero attached hydrogens (tertiary/aromatic N) is 2. The molecule has 8 heteroatoms. The average Bonchev–Trinajstić information content (AvgIpc) is 2.63. The second-order valence-electron chi connectivity index (χ2n) is 5.49. The molecule has 0 saturated carbocycles. The van der Waals surface area contributed by atoms with E-state index in [0.717, 1.165) is 0 Å². The van der Waals surface area contributed by atoms with E-state index >= 15 is 0 Å². The molecule has 0 aromatic heterocycles. The standard InChI is InChI=1S/C17H16ClN3O4/c18-14-4-2-1-3-13(14)17(22)19-15-6-5-12(21(23)24)11-16(15)20-7-9-25-10-8-20/h1-6,11H,7-10H2,(H,19,22). The number of nitrogens with one attached hydrogen (secondary N) is 1. The number of halogens is 1. The second-order valence-corrected chi connectivity index (χ2v) is 5.90. The van der Waals surface area contributed by atoms with Gasteiger partial charge in [0.25, 0.3) is 11.6 Å². The molecule has 2 aromatic carbocycles. The van der Waals surface area contributed by atoms with Crippen LogP contribution < -0.4 is 10.2 Å². The van der Waals surface area contributed by atoms with Crippen LogP contribution in [0.5, 0.6) is 0 Å². The van der Waals surface area contributed by atoms with E-state index in [-0.39, 0.29) is 11.6 Å². The summed E-state index contributed by atoms with van der Waals surface area (Å²) >= 11 is 6.06. The lowest BCUT2D eigenvalue weighted by molar-refractivity contribution is -0.384. The Bertz CT molecular complexity index is 806. The first-order valence-electron chi connectivity index (χ1n) is 7.73. The van der Waals surface area contributed by atoms with Crippen LogP contribution in [-0.2, 0) is 4.74 Å². The first-order valence-corrected chi connectivity index (χ1v) is 8.11. The number of hydrogen-bond acceptors (Lipinski definition) is 5. The second kappa shape index (κ2) is 7.50. The Balaban J connectivity index is 1.93. The van der Waals surface area contributed by atoms with E-state index in [4.69, 9.17) is 16.3 Å². The molecule has 1 amide bonds. The Morgan fingerprint density at radius 3 is 2.60 bits per heavy atom. The lowest BCUT2D eigenvalue weighted by Gasteiger charge is -2.30. The number of amides is 1. The fourth-order valence-electron chi connectivity index (χ4n) is 2.64. The molecule has 130 valence electrons. The highest BCUT2D eigenvalue weighted by Gasteiger charge is 2.20. The summed E-state index contributed by atoms with van der Waals surface area (Å²) in [6.07, 6.45) is 0. The molecule has 0 aliphatic carbocycles. The van der Waals surface area contributed by atoms with Crippen LogP contribution in [0.2, 0.25) is 5.02 Å². The Hall–Kier alpha value is -2.64. The van der Waals surface area contributed by atoms with Crippen molar-refractivity contribution in [3.05, 3.63) is 63.2 Å². The predicted molar refractivity (Wildman–Crippen MR) is 95.5 cm³/mol. The molecule has 1 saturated heterocycles. The zero-order valence-corrected chi connectivity index (χ0v) is 14.0. The maximum Gasteiger partial charge on any atom is 0.271 e. The molecule has 7 nitrogen and oxygen atoms in total. The third-order valence-corrected chi connectivity index (χ3v) is 4.24. The van der Waals surface area contributed by atoms with Gasteiger partial charge in [0.2, 0.25) is 0 Å². The van der Waals surface area contributed by atoms with Gasteiger partial charge in [-0.2, -0.15) is 0 Å². The van der Waals surface area contributed by atoms with Gasteiger partial charge in [-0.05, 0) is 18.2 Å². The largest absolute Gasteiger partial charge is 0.378 e. The van der Waals surface area contributed by atoms with Crippen LogP contribution in [0, 0.1) is 10.1 Å². The number of hydrogen-bond donors (Lipinski definition) is 1. The Kier molecular flexibility index (Phi) is 5.16. The van der Waals surface area contributed by atoms with Crippen molar-refractivity contribution >= 4 is 34.6 Å². The van der Waals surface area contributed by atoms with Crippen LogP contribution in [-0.4, -0.2) is 37.1 Å². The van der Waals surface area contributed by atoms with E-state index in [1.54, 1.807) is 24.3 Å². The highest BCUT2D eigenvalue weighted by molar-refractivity contribution is 6.34. The summed E-state index contributed by atoms with van der Waals surface area (Å²) in [4.78, 5) is 25.1. The van der Waals surface area contributed by atoms with Gasteiger partial charge in [0, 0.05) is 25.2 Å². The van der Waals surface area contributed by atoms with Crippen molar-refractivity contribution in [2.75, 3.05) is 36.5 Å². The summed E-state index contributed by atoms with van der Waals surface area (Å²) < 4.78 is 5.32. The highest BCUT2D eigenvalue weighted by Crippen LogP contribution is 2.31. The number of ether oxygens (including phenoxy) is 1. The van der Waals surface area contributed by atoms with Crippen LogP contribution in [0.3, 0.4) is 0 Å². The van der Waals surface area contributed by atoms with Gasteiger partial charge in [0.05, 0.1) is 40.1 Å². The number of morpholine rings is 1. The zero-order valence-electron chi connectivity index (χ0n) is 13.3. The van der Waals surface area contributed by atoms with Crippen molar-refractivity contribution in [1.29, 1.82) is 0 Å². The lowest BCUT2D eigenvalue weighted by atomic mass is 10.1. The molecule has 2 aromatic rings. The van der Waals surface area contributed by atoms with Gasteiger partial charge >= 0.3 is 0 Å². The van der Waals surface area contributed by atoms with Gasteiger partial charge in [0.1, 0.15) is 0 Å². The molecule has 0 unspecified atom stereocenters. The van der Waals surface area contributed by atoms with E-state index in [0.29, 0.717) is 48.3 Å². The van der Waals surface area contributed by atoms with E-state index < -0.39 is 4.92 Å². The fourth-order valence-corrected chi connectivity index (χ4v) is 2.86. The van der Waals surface area contributed by atoms with Crippen LogP contribution in [0.25, 0.3) is 0 Å². The van der Waals surface area contributed by atoms with Gasteiger partial charge in [-0.15, -0.1) is 0 Å². The summed E-state index contributed by atoms with van der Waals surface area (Å²) in [5.41, 5.74) is 1.41. The van der Waals surface area contributed by atoms with Gasteiger partial charge < -0.3 is 15.0 Å². The van der Waals surface area contributed by atoms with Gasteiger partial charge in [0.15, 0.2) is 0 Å². The van der Waals surface area contributed by atoms with Crippen molar-refractivity contribution in [1.82, 2.24) is 0 Å². The molecule has 1 fully saturated rings. The molecule has 0 bridgehead atoms. The molecule has 0 radical (unpaired) electrons. The number of carbonyl (C=O) groups is 1. The maximum absolute atomic E-state index is 12.5. The molecule has 1 heterocycles. The third kappa shape index (κ3) is 3.89. The molecule has 0 atom stereocenters. The minimum Gasteiger partial charge on any atom is -0.378 e. The first kappa shape index (κ1) is 17.2. The number of nitro groups is 1. The van der Waals surface area contributed by atoms with Crippen molar-refractivity contribution < 1.29 is 14.5 Å². The number of benzene rings is 2. The van der Waals surface area contributed by atoms with Crippen LogP contribution >= 0.6 is 11.6 Å². The van der Waals surface area contributed by atoms with Crippen molar-refractivity contribution in [2.24, 2.45) is 0 Å². The van der Waals surface area contributed by atoms with E-state index in [1.807, 2.05) is 4.90 Å². The van der Waals surface area contributed by atoms with E-state index in [2.05, 4.69) is 5.32 Å². The average molecular weight is 362 g/mol. The summed E-state index contributed by atoms with van der Waals surface area (Å²) in [5, 5.41) is 14.2. The van der Waals surface area contributed by atoms with Gasteiger partial charge in [-0.1, -0.05) is 23.7 Å². The SMILES string of the molecule is O=C(Nc1ccc([N+](=O)[O-])cc1N1CCOCC1)c1ccccc1Cl. The van der Waals surface area contributed by atoms with E-state index in [9.17, 15) is 14.9 Å². The maximum atomic E-state index is 12.5. The van der Waals surface area contributed by atoms with Crippen LogP contribution in [0.15, 0.2) is 42.5 Å². The lowest BCUT2D eigenvalue weighted by Crippen LogP contribution is -2.36. The topological polar surface area (TPSA) is 84.7 Å². The van der Waals surface area contributed by atoms with Crippen LogP contribution in [0.1, 0.15) is 10.4 Å². The van der Waals surface area contributed by atoms with Crippen molar-refractivity contribution in [3.8, 4) is 0 Å². The predicted octanol–water partition coefficient (Wildman–Crippen LogP) is 3.34. The van der Waals surface area contributed by atoms with Crippen LogP contribution in [0.4, 0.5) is 17.1 Å². The quantitative estimate of drug-likeness (QED) is 0.667. The molecule has 3 rings (SSSR count). The van der Waals surface area contributed by atoms with Crippen molar-refractivity contribution in [2.45, 2.75) is 0 Å². The minimum absolute atomic E-state index is 0.0303. The molecular formula is C17H16ClN3O4. The minimum atomic E-state index is -0.455. The zero-order chi connectivity index (χ0) is 17.8. The van der Waals surface area contributed by atoms with Crippen molar-refractivity contribution in [3.63, 3.8) is 0 Å². The molecule has 25 heavy (non-hydrogen) atoms. The smallest absolute Gasteiger partial charge is 0.271 e. The monoisotopic (exact) mass is 361 g/mol.